The van der Waals surface area contributed by atoms with Gasteiger partial charge in [0.25, 0.3) is 5.91 Å². The average Bonchev–Trinajstić information content (AvgIpc) is 3.13. The number of amides is 3. The number of hydrogen-bond donors (Lipinski definition) is 2. The molecule has 0 unspecified atom stereocenters. The summed E-state index contributed by atoms with van der Waals surface area (Å²) in [6, 6.07) is 14.2. The summed E-state index contributed by atoms with van der Waals surface area (Å²) >= 11 is 5.74. The largest absolute Gasteiger partial charge is 0.497 e. The van der Waals surface area contributed by atoms with Crippen LogP contribution in [0.4, 0.5) is 26.4 Å². The van der Waals surface area contributed by atoms with E-state index in [-0.39, 0.29) is 10.9 Å². The molecule has 0 aliphatic carbocycles. The summed E-state index contributed by atoms with van der Waals surface area (Å²) in [5, 5.41) is 5.21. The summed E-state index contributed by atoms with van der Waals surface area (Å²) in [6.07, 6.45) is 2.37. The van der Waals surface area contributed by atoms with E-state index in [1.54, 1.807) is 31.5 Å². The van der Waals surface area contributed by atoms with E-state index in [1.807, 2.05) is 23.1 Å². The second-order valence-electron chi connectivity index (χ2n) is 7.98. The molecule has 10 heteroatoms. The molecule has 2 heterocycles. The van der Waals surface area contributed by atoms with Crippen LogP contribution in [0.2, 0.25) is 5.02 Å². The molecule has 2 aromatic carbocycles. The molecular weight excluding hydrogens is 473 g/mol. The number of methoxy groups -OCH3 is 1. The van der Waals surface area contributed by atoms with E-state index >= 15 is 0 Å². The Morgan fingerprint density at radius 3 is 2.54 bits per heavy atom. The number of nitrogens with zero attached hydrogens (tertiary/aromatic N) is 3. The molecule has 1 saturated heterocycles. The first-order valence-corrected chi connectivity index (χ1v) is 11.5. The lowest BCUT2D eigenvalue weighted by Gasteiger charge is -2.23. The number of halogens is 2. The number of anilines is 3. The quantitative estimate of drug-likeness (QED) is 0.524. The number of pyridine rings is 1. The van der Waals surface area contributed by atoms with Crippen molar-refractivity contribution in [1.29, 1.82) is 0 Å². The zero-order chi connectivity index (χ0) is 24.8. The van der Waals surface area contributed by atoms with Gasteiger partial charge in [-0.2, -0.15) is 0 Å². The Morgan fingerprint density at radius 1 is 1.00 bits per heavy atom. The maximum Gasteiger partial charge on any atom is 0.323 e. The highest BCUT2D eigenvalue weighted by Crippen LogP contribution is 2.21. The lowest BCUT2D eigenvalue weighted by atomic mass is 10.2. The summed E-state index contributed by atoms with van der Waals surface area (Å²) in [5.41, 5.74) is 1.48. The van der Waals surface area contributed by atoms with Gasteiger partial charge in [-0.15, -0.1) is 0 Å². The highest BCUT2D eigenvalue weighted by Gasteiger charge is 2.21. The normalized spacial score (nSPS) is 13.7. The summed E-state index contributed by atoms with van der Waals surface area (Å²) in [6.45, 7) is 2.62. The van der Waals surface area contributed by atoms with Crippen molar-refractivity contribution in [3.05, 3.63) is 77.2 Å². The molecule has 0 atom stereocenters. The first kappa shape index (κ1) is 24.3. The SMILES string of the molecule is COc1cccc(C(=O)N2CCCN(c3ccc(NC(=O)Nc4ccc(F)c(Cl)c4)cn3)CC2)c1. The third-order valence-corrected chi connectivity index (χ3v) is 5.90. The van der Waals surface area contributed by atoms with Crippen molar-refractivity contribution in [1.82, 2.24) is 9.88 Å². The number of aromatic nitrogens is 1. The van der Waals surface area contributed by atoms with Gasteiger partial charge in [-0.1, -0.05) is 17.7 Å². The van der Waals surface area contributed by atoms with Crippen LogP contribution in [0.1, 0.15) is 16.8 Å². The van der Waals surface area contributed by atoms with Crippen molar-refractivity contribution in [3.8, 4) is 5.75 Å². The lowest BCUT2D eigenvalue weighted by Crippen LogP contribution is -2.35. The number of hydrogen-bond acceptors (Lipinski definition) is 5. The van der Waals surface area contributed by atoms with Gasteiger partial charge in [-0.3, -0.25) is 4.79 Å². The predicted molar refractivity (Wildman–Crippen MR) is 134 cm³/mol. The molecule has 35 heavy (non-hydrogen) atoms. The lowest BCUT2D eigenvalue weighted by molar-refractivity contribution is 0.0766. The van der Waals surface area contributed by atoms with E-state index in [0.717, 1.165) is 18.8 Å². The molecule has 1 aromatic heterocycles. The molecular formula is C25H25ClFN5O3. The molecule has 8 nitrogen and oxygen atoms in total. The standard InChI is InChI=1S/C25H25ClFN5O3/c1-35-20-5-2-4-17(14-20)24(33)32-11-3-10-31(12-13-32)23-9-7-19(16-28-23)30-25(34)29-18-6-8-22(27)21(26)15-18/h2,4-9,14-16H,3,10-13H2,1H3,(H2,29,30,34). The Labute approximate surface area is 207 Å². The van der Waals surface area contributed by atoms with E-state index in [1.165, 1.54) is 18.2 Å². The van der Waals surface area contributed by atoms with Crippen LogP contribution in [0.15, 0.2) is 60.8 Å². The van der Waals surface area contributed by atoms with Crippen molar-refractivity contribution >= 4 is 40.7 Å². The number of ether oxygens (including phenoxy) is 1. The summed E-state index contributed by atoms with van der Waals surface area (Å²) < 4.78 is 18.5. The van der Waals surface area contributed by atoms with Crippen LogP contribution in [-0.4, -0.2) is 55.1 Å². The molecule has 3 aromatic rings. The van der Waals surface area contributed by atoms with Gasteiger partial charge in [0.2, 0.25) is 0 Å². The van der Waals surface area contributed by atoms with Gasteiger partial charge < -0.3 is 25.2 Å². The first-order chi connectivity index (χ1) is 16.9. The van der Waals surface area contributed by atoms with E-state index in [0.29, 0.717) is 42.3 Å². The van der Waals surface area contributed by atoms with E-state index in [2.05, 4.69) is 20.5 Å². The molecule has 1 aliphatic rings. The molecule has 0 bridgehead atoms. The number of carbonyl (C=O) groups excluding carboxylic acids is 2. The Morgan fingerprint density at radius 2 is 1.80 bits per heavy atom. The zero-order valence-corrected chi connectivity index (χ0v) is 19.9. The van der Waals surface area contributed by atoms with Crippen LogP contribution in [0, 0.1) is 5.82 Å². The van der Waals surface area contributed by atoms with Gasteiger partial charge in [0.15, 0.2) is 0 Å². The Bertz CT molecular complexity index is 1210. The minimum Gasteiger partial charge on any atom is -0.497 e. The fourth-order valence-electron chi connectivity index (χ4n) is 3.80. The zero-order valence-electron chi connectivity index (χ0n) is 19.1. The van der Waals surface area contributed by atoms with Crippen LogP contribution in [-0.2, 0) is 0 Å². The molecule has 0 radical (unpaired) electrons. The minimum atomic E-state index is -0.557. The van der Waals surface area contributed by atoms with Crippen LogP contribution in [0.3, 0.4) is 0 Å². The Hall–Kier alpha value is -3.85. The van der Waals surface area contributed by atoms with Crippen molar-refractivity contribution in [3.63, 3.8) is 0 Å². The maximum atomic E-state index is 13.3. The van der Waals surface area contributed by atoms with Gasteiger partial charge >= 0.3 is 6.03 Å². The second-order valence-corrected chi connectivity index (χ2v) is 8.39. The molecule has 3 amide bonds. The summed E-state index contributed by atoms with van der Waals surface area (Å²) in [7, 11) is 1.58. The molecule has 1 fully saturated rings. The highest BCUT2D eigenvalue weighted by molar-refractivity contribution is 6.31. The Balaban J connectivity index is 1.33. The number of nitrogens with one attached hydrogen (secondary N) is 2. The number of carbonyl (C=O) groups is 2. The van der Waals surface area contributed by atoms with E-state index < -0.39 is 11.8 Å². The van der Waals surface area contributed by atoms with Crippen LogP contribution >= 0.6 is 11.6 Å². The van der Waals surface area contributed by atoms with Crippen LogP contribution < -0.4 is 20.3 Å². The fourth-order valence-corrected chi connectivity index (χ4v) is 3.98. The van der Waals surface area contributed by atoms with Crippen LogP contribution in [0.5, 0.6) is 5.75 Å². The Kier molecular flexibility index (Phi) is 7.67. The van der Waals surface area contributed by atoms with Gasteiger partial charge in [0.05, 0.1) is 24.0 Å². The summed E-state index contributed by atoms with van der Waals surface area (Å²) in [5.74, 6) is 0.836. The van der Waals surface area contributed by atoms with Gasteiger partial charge in [-0.25, -0.2) is 14.2 Å². The molecule has 4 rings (SSSR count). The van der Waals surface area contributed by atoms with Gasteiger partial charge in [0.1, 0.15) is 17.4 Å². The number of urea groups is 1. The third kappa shape index (κ3) is 6.19. The molecule has 0 saturated carbocycles. The van der Waals surface area contributed by atoms with Crippen molar-refractivity contribution in [2.24, 2.45) is 0 Å². The third-order valence-electron chi connectivity index (χ3n) is 5.61. The number of rotatable bonds is 5. The highest BCUT2D eigenvalue weighted by atomic mass is 35.5. The topological polar surface area (TPSA) is 86.8 Å². The van der Waals surface area contributed by atoms with Crippen molar-refractivity contribution in [2.75, 3.05) is 48.8 Å². The molecule has 0 spiro atoms. The molecule has 182 valence electrons. The van der Waals surface area contributed by atoms with Gasteiger partial charge in [0, 0.05) is 37.4 Å². The smallest absolute Gasteiger partial charge is 0.323 e. The predicted octanol–water partition coefficient (Wildman–Crippen LogP) is 4.88. The number of benzene rings is 2. The maximum absolute atomic E-state index is 13.3. The fraction of sp³-hybridized carbons (Fsp3) is 0.240. The van der Waals surface area contributed by atoms with E-state index in [9.17, 15) is 14.0 Å². The summed E-state index contributed by atoms with van der Waals surface area (Å²) in [4.78, 5) is 33.6. The first-order valence-electron chi connectivity index (χ1n) is 11.1. The second kappa shape index (κ2) is 11.1. The minimum absolute atomic E-state index is 0.0216. The monoisotopic (exact) mass is 497 g/mol. The van der Waals surface area contributed by atoms with Gasteiger partial charge in [-0.05, 0) is 55.0 Å². The molecule has 1 aliphatic heterocycles. The average molecular weight is 498 g/mol. The van der Waals surface area contributed by atoms with Crippen molar-refractivity contribution < 1.29 is 18.7 Å². The van der Waals surface area contributed by atoms with E-state index in [4.69, 9.17) is 16.3 Å². The van der Waals surface area contributed by atoms with Crippen LogP contribution in [0.25, 0.3) is 0 Å². The van der Waals surface area contributed by atoms with Crippen molar-refractivity contribution in [2.45, 2.75) is 6.42 Å². The molecule has 2 N–H and O–H groups in total.